The monoisotopic (exact) mass is 324 g/mol. The highest BCUT2D eigenvalue weighted by Gasteiger charge is 2.15. The highest BCUT2D eigenvalue weighted by molar-refractivity contribution is 5.63. The number of hydrogen-bond acceptors (Lipinski definition) is 4. The van der Waals surface area contributed by atoms with E-state index in [9.17, 15) is 9.18 Å². The molecular formula is C18H13FN2O3. The van der Waals surface area contributed by atoms with Gasteiger partial charge < -0.3 is 9.47 Å². The largest absolute Gasteiger partial charge is 0.454 e. The smallest absolute Gasteiger partial charge is 0.267 e. The molecule has 0 aliphatic carbocycles. The van der Waals surface area contributed by atoms with Crippen LogP contribution >= 0.6 is 0 Å². The van der Waals surface area contributed by atoms with Gasteiger partial charge in [-0.15, -0.1) is 0 Å². The normalized spacial score (nSPS) is 12.4. The SMILES string of the molecule is O=c1ccc(-c2ccc3c(c2)OCO3)nn1Cc1ccccc1F. The van der Waals surface area contributed by atoms with E-state index in [1.807, 2.05) is 12.1 Å². The lowest BCUT2D eigenvalue weighted by atomic mass is 10.1. The molecule has 2 aromatic carbocycles. The summed E-state index contributed by atoms with van der Waals surface area (Å²) in [7, 11) is 0. The van der Waals surface area contributed by atoms with Crippen LogP contribution < -0.4 is 15.0 Å². The standard InChI is InChI=1S/C18H13FN2O3/c19-14-4-2-1-3-13(14)10-21-18(22)8-6-15(20-21)12-5-7-16-17(9-12)24-11-23-16/h1-9H,10-11H2. The van der Waals surface area contributed by atoms with Crippen LogP contribution in [0.1, 0.15) is 5.56 Å². The van der Waals surface area contributed by atoms with E-state index in [2.05, 4.69) is 5.10 Å². The molecule has 0 unspecified atom stereocenters. The molecule has 6 heteroatoms. The van der Waals surface area contributed by atoms with Crippen LogP contribution in [0.25, 0.3) is 11.3 Å². The van der Waals surface area contributed by atoms with Gasteiger partial charge in [-0.2, -0.15) is 5.10 Å². The number of aromatic nitrogens is 2. The minimum atomic E-state index is -0.361. The Morgan fingerprint density at radius 2 is 1.88 bits per heavy atom. The van der Waals surface area contributed by atoms with Crippen LogP contribution in [-0.4, -0.2) is 16.6 Å². The van der Waals surface area contributed by atoms with Crippen molar-refractivity contribution in [3.05, 3.63) is 76.3 Å². The van der Waals surface area contributed by atoms with Gasteiger partial charge in [-0.3, -0.25) is 4.79 Å². The second kappa shape index (κ2) is 5.81. The van der Waals surface area contributed by atoms with Crippen molar-refractivity contribution in [1.82, 2.24) is 9.78 Å². The fourth-order valence-corrected chi connectivity index (χ4v) is 2.56. The average molecular weight is 324 g/mol. The molecule has 1 aliphatic rings. The van der Waals surface area contributed by atoms with E-state index in [0.717, 1.165) is 5.56 Å². The van der Waals surface area contributed by atoms with E-state index in [4.69, 9.17) is 9.47 Å². The Morgan fingerprint density at radius 3 is 2.75 bits per heavy atom. The van der Waals surface area contributed by atoms with Gasteiger partial charge in [0.15, 0.2) is 11.5 Å². The van der Waals surface area contributed by atoms with Crippen LogP contribution in [0, 0.1) is 5.82 Å². The van der Waals surface area contributed by atoms with E-state index >= 15 is 0 Å². The molecule has 1 aromatic heterocycles. The van der Waals surface area contributed by atoms with Gasteiger partial charge in [-0.25, -0.2) is 9.07 Å². The van der Waals surface area contributed by atoms with E-state index < -0.39 is 0 Å². The highest BCUT2D eigenvalue weighted by atomic mass is 19.1. The summed E-state index contributed by atoms with van der Waals surface area (Å²) >= 11 is 0. The third-order valence-electron chi connectivity index (χ3n) is 3.81. The van der Waals surface area contributed by atoms with E-state index in [1.165, 1.54) is 16.8 Å². The van der Waals surface area contributed by atoms with Crippen molar-refractivity contribution in [2.75, 3.05) is 6.79 Å². The van der Waals surface area contributed by atoms with Crippen molar-refractivity contribution >= 4 is 0 Å². The molecule has 4 rings (SSSR count). The summed E-state index contributed by atoms with van der Waals surface area (Å²) in [6.07, 6.45) is 0. The van der Waals surface area contributed by atoms with E-state index in [-0.39, 0.29) is 24.7 Å². The number of benzene rings is 2. The number of halogens is 1. The van der Waals surface area contributed by atoms with Gasteiger partial charge >= 0.3 is 0 Å². The molecule has 0 spiro atoms. The number of fused-ring (bicyclic) bond motifs is 1. The minimum Gasteiger partial charge on any atom is -0.454 e. The van der Waals surface area contributed by atoms with Crippen LogP contribution in [0.2, 0.25) is 0 Å². The lowest BCUT2D eigenvalue weighted by molar-refractivity contribution is 0.174. The van der Waals surface area contributed by atoms with Gasteiger partial charge in [0, 0.05) is 17.2 Å². The zero-order valence-electron chi connectivity index (χ0n) is 12.6. The van der Waals surface area contributed by atoms with Gasteiger partial charge in [0.25, 0.3) is 5.56 Å². The molecular weight excluding hydrogens is 311 g/mol. The maximum Gasteiger partial charge on any atom is 0.267 e. The lowest BCUT2D eigenvalue weighted by Crippen LogP contribution is -2.23. The van der Waals surface area contributed by atoms with Crippen molar-refractivity contribution in [2.45, 2.75) is 6.54 Å². The Morgan fingerprint density at radius 1 is 1.04 bits per heavy atom. The van der Waals surface area contributed by atoms with E-state index in [1.54, 1.807) is 30.3 Å². The van der Waals surface area contributed by atoms with Gasteiger partial charge in [0.2, 0.25) is 6.79 Å². The fraction of sp³-hybridized carbons (Fsp3) is 0.111. The summed E-state index contributed by atoms with van der Waals surface area (Å²) in [5.74, 6) is 0.958. The van der Waals surface area contributed by atoms with Crippen molar-refractivity contribution in [2.24, 2.45) is 0 Å². The maximum absolute atomic E-state index is 13.8. The molecule has 0 saturated carbocycles. The number of rotatable bonds is 3. The summed E-state index contributed by atoms with van der Waals surface area (Å²) in [4.78, 5) is 12.0. The third-order valence-corrected chi connectivity index (χ3v) is 3.81. The molecule has 2 heterocycles. The Labute approximate surface area is 136 Å². The van der Waals surface area contributed by atoms with Crippen molar-refractivity contribution in [3.63, 3.8) is 0 Å². The molecule has 120 valence electrons. The first kappa shape index (κ1) is 14.4. The third kappa shape index (κ3) is 2.62. The van der Waals surface area contributed by atoms with Crippen LogP contribution in [0.4, 0.5) is 4.39 Å². The molecule has 0 saturated heterocycles. The molecule has 0 radical (unpaired) electrons. The first-order valence-corrected chi connectivity index (χ1v) is 7.42. The first-order valence-electron chi connectivity index (χ1n) is 7.42. The molecule has 0 amide bonds. The summed E-state index contributed by atoms with van der Waals surface area (Å²) < 4.78 is 25.7. The van der Waals surface area contributed by atoms with Gasteiger partial charge in [-0.1, -0.05) is 18.2 Å². The van der Waals surface area contributed by atoms with Crippen LogP contribution in [-0.2, 0) is 6.54 Å². The second-order valence-electron chi connectivity index (χ2n) is 5.37. The van der Waals surface area contributed by atoms with Crippen molar-refractivity contribution in [3.8, 4) is 22.8 Å². The fourth-order valence-electron chi connectivity index (χ4n) is 2.56. The predicted molar refractivity (Wildman–Crippen MR) is 85.6 cm³/mol. The highest BCUT2D eigenvalue weighted by Crippen LogP contribution is 2.35. The number of nitrogens with zero attached hydrogens (tertiary/aromatic N) is 2. The minimum absolute atomic E-state index is 0.0733. The zero-order valence-corrected chi connectivity index (χ0v) is 12.6. The molecule has 3 aromatic rings. The quantitative estimate of drug-likeness (QED) is 0.743. The molecule has 5 nitrogen and oxygen atoms in total. The lowest BCUT2D eigenvalue weighted by Gasteiger charge is -2.08. The molecule has 0 fully saturated rings. The summed E-state index contributed by atoms with van der Waals surface area (Å²) in [5.41, 5.74) is 1.52. The van der Waals surface area contributed by atoms with Crippen molar-refractivity contribution in [1.29, 1.82) is 0 Å². The maximum atomic E-state index is 13.8. The summed E-state index contributed by atoms with van der Waals surface area (Å²) in [5, 5.41) is 4.35. The first-order chi connectivity index (χ1) is 11.7. The number of ether oxygens (including phenoxy) is 2. The van der Waals surface area contributed by atoms with Crippen molar-refractivity contribution < 1.29 is 13.9 Å². The number of hydrogen-bond donors (Lipinski definition) is 0. The zero-order chi connectivity index (χ0) is 16.5. The Balaban J connectivity index is 1.71. The van der Waals surface area contributed by atoms with E-state index in [0.29, 0.717) is 22.8 Å². The van der Waals surface area contributed by atoms with Crippen LogP contribution in [0.15, 0.2) is 59.4 Å². The molecule has 1 aliphatic heterocycles. The predicted octanol–water partition coefficient (Wildman–Crippen LogP) is 2.83. The van der Waals surface area contributed by atoms with Gasteiger partial charge in [0.05, 0.1) is 12.2 Å². The Bertz CT molecular complexity index is 968. The Kier molecular flexibility index (Phi) is 3.49. The Hall–Kier alpha value is -3.15. The topological polar surface area (TPSA) is 53.4 Å². The molecule has 0 bridgehead atoms. The molecule has 0 N–H and O–H groups in total. The van der Waals surface area contributed by atoms with Gasteiger partial charge in [-0.05, 0) is 30.3 Å². The summed E-state index contributed by atoms with van der Waals surface area (Å²) in [6.45, 7) is 0.267. The van der Waals surface area contributed by atoms with Crippen LogP contribution in [0.5, 0.6) is 11.5 Å². The molecule has 24 heavy (non-hydrogen) atoms. The average Bonchev–Trinajstić information content (AvgIpc) is 3.06. The van der Waals surface area contributed by atoms with Gasteiger partial charge in [0.1, 0.15) is 5.82 Å². The molecule has 0 atom stereocenters. The summed E-state index contributed by atoms with van der Waals surface area (Å²) in [6, 6.07) is 14.8. The second-order valence-corrected chi connectivity index (χ2v) is 5.37. The van der Waals surface area contributed by atoms with Crippen LogP contribution in [0.3, 0.4) is 0 Å².